The molecule has 5 heteroatoms. The van der Waals surface area contributed by atoms with Crippen LogP contribution in [0.5, 0.6) is 5.88 Å². The van der Waals surface area contributed by atoms with E-state index in [1.807, 2.05) is 48.7 Å². The predicted octanol–water partition coefficient (Wildman–Crippen LogP) is 3.21. The molecule has 3 aromatic rings. The van der Waals surface area contributed by atoms with Gasteiger partial charge in [0.15, 0.2) is 0 Å². The number of imidazole rings is 1. The van der Waals surface area contributed by atoms with Crippen molar-refractivity contribution in [3.05, 3.63) is 48.4 Å². The lowest BCUT2D eigenvalue weighted by Gasteiger charge is -2.15. The molecule has 0 saturated heterocycles. The normalized spacial score (nSPS) is 11.4. The molecule has 0 saturated carbocycles. The Kier molecular flexibility index (Phi) is 3.30. The van der Waals surface area contributed by atoms with Crippen molar-refractivity contribution in [2.45, 2.75) is 19.3 Å². The maximum Gasteiger partial charge on any atom is 0.258 e. The molecule has 0 bridgehead atoms. The van der Waals surface area contributed by atoms with Crippen LogP contribution in [0, 0.1) is 11.3 Å². The molecular weight excluding hydrogens is 276 g/mol. The topological polar surface area (TPSA) is 63.2 Å². The van der Waals surface area contributed by atoms with Crippen molar-refractivity contribution in [2.75, 3.05) is 7.11 Å². The standard InChI is InChI=1S/C17H16N4O/c1-17(2,11-18)13-6-4-12(5-7-13)14-10-20-15-16(22-3)19-8-9-21(14)15/h4-10H,1-3H3. The highest BCUT2D eigenvalue weighted by molar-refractivity contribution is 5.66. The minimum atomic E-state index is -0.495. The van der Waals surface area contributed by atoms with Crippen LogP contribution in [0.3, 0.4) is 0 Å². The lowest BCUT2D eigenvalue weighted by molar-refractivity contribution is 0.400. The van der Waals surface area contributed by atoms with Crippen molar-refractivity contribution < 1.29 is 4.74 Å². The third-order valence-corrected chi connectivity index (χ3v) is 3.77. The average molecular weight is 292 g/mol. The third kappa shape index (κ3) is 2.19. The average Bonchev–Trinajstić information content (AvgIpc) is 2.99. The van der Waals surface area contributed by atoms with Gasteiger partial charge >= 0.3 is 0 Å². The van der Waals surface area contributed by atoms with Crippen LogP contribution in [-0.4, -0.2) is 21.5 Å². The fraction of sp³-hybridized carbons (Fsp3) is 0.235. The number of aromatic nitrogens is 3. The van der Waals surface area contributed by atoms with E-state index in [0.717, 1.165) is 16.8 Å². The van der Waals surface area contributed by atoms with Crippen LogP contribution in [0.2, 0.25) is 0 Å². The van der Waals surface area contributed by atoms with Crippen LogP contribution < -0.4 is 4.74 Å². The van der Waals surface area contributed by atoms with Crippen molar-refractivity contribution in [3.63, 3.8) is 0 Å². The van der Waals surface area contributed by atoms with Crippen molar-refractivity contribution >= 4 is 5.65 Å². The lowest BCUT2D eigenvalue weighted by Crippen LogP contribution is -2.13. The molecule has 0 aliphatic heterocycles. The van der Waals surface area contributed by atoms with Crippen LogP contribution >= 0.6 is 0 Å². The Balaban J connectivity index is 2.08. The number of fused-ring (bicyclic) bond motifs is 1. The second-order valence-electron chi connectivity index (χ2n) is 5.59. The quantitative estimate of drug-likeness (QED) is 0.743. The molecule has 0 aliphatic carbocycles. The fourth-order valence-electron chi connectivity index (χ4n) is 2.38. The number of nitriles is 1. The number of nitrogens with zero attached hydrogens (tertiary/aromatic N) is 4. The van der Waals surface area contributed by atoms with Gasteiger partial charge < -0.3 is 4.74 Å². The summed E-state index contributed by atoms with van der Waals surface area (Å²) in [6, 6.07) is 10.3. The largest absolute Gasteiger partial charge is 0.478 e. The Bertz CT molecular complexity index is 856. The van der Waals surface area contributed by atoms with Crippen LogP contribution in [0.4, 0.5) is 0 Å². The molecule has 0 amide bonds. The molecule has 0 N–H and O–H groups in total. The van der Waals surface area contributed by atoms with Gasteiger partial charge in [-0.15, -0.1) is 0 Å². The van der Waals surface area contributed by atoms with E-state index >= 15 is 0 Å². The molecule has 3 rings (SSSR count). The molecule has 110 valence electrons. The highest BCUT2D eigenvalue weighted by Gasteiger charge is 2.19. The summed E-state index contributed by atoms with van der Waals surface area (Å²) >= 11 is 0. The second-order valence-corrected chi connectivity index (χ2v) is 5.59. The first-order valence-electron chi connectivity index (χ1n) is 6.95. The summed E-state index contributed by atoms with van der Waals surface area (Å²) in [7, 11) is 1.58. The third-order valence-electron chi connectivity index (χ3n) is 3.77. The predicted molar refractivity (Wildman–Crippen MR) is 83.6 cm³/mol. The van der Waals surface area contributed by atoms with Gasteiger partial charge in [-0.05, 0) is 19.4 Å². The summed E-state index contributed by atoms with van der Waals surface area (Å²) in [6.07, 6.45) is 5.33. The number of benzene rings is 1. The van der Waals surface area contributed by atoms with Crippen LogP contribution in [0.25, 0.3) is 16.9 Å². The number of methoxy groups -OCH3 is 1. The smallest absolute Gasteiger partial charge is 0.258 e. The minimum Gasteiger partial charge on any atom is -0.478 e. The zero-order valence-electron chi connectivity index (χ0n) is 12.7. The Hall–Kier alpha value is -2.87. The van der Waals surface area contributed by atoms with E-state index in [9.17, 15) is 5.26 Å². The van der Waals surface area contributed by atoms with Gasteiger partial charge in [-0.1, -0.05) is 24.3 Å². The van der Waals surface area contributed by atoms with Crippen LogP contribution in [0.15, 0.2) is 42.9 Å². The van der Waals surface area contributed by atoms with E-state index in [1.54, 1.807) is 19.5 Å². The number of ether oxygens (including phenoxy) is 1. The molecule has 0 spiro atoms. The summed E-state index contributed by atoms with van der Waals surface area (Å²) in [5.41, 5.74) is 3.16. The molecule has 2 aromatic heterocycles. The Morgan fingerprint density at radius 2 is 1.91 bits per heavy atom. The molecule has 0 unspecified atom stereocenters. The van der Waals surface area contributed by atoms with Crippen LogP contribution in [-0.2, 0) is 5.41 Å². The van der Waals surface area contributed by atoms with Crippen molar-refractivity contribution in [1.82, 2.24) is 14.4 Å². The molecule has 0 fully saturated rings. The highest BCUT2D eigenvalue weighted by atomic mass is 16.5. The summed E-state index contributed by atoms with van der Waals surface area (Å²) in [6.45, 7) is 3.82. The van der Waals surface area contributed by atoms with E-state index < -0.39 is 5.41 Å². The lowest BCUT2D eigenvalue weighted by atomic mass is 9.86. The molecule has 22 heavy (non-hydrogen) atoms. The van der Waals surface area contributed by atoms with Gasteiger partial charge in [0, 0.05) is 18.0 Å². The maximum atomic E-state index is 9.21. The minimum absolute atomic E-state index is 0.495. The Labute approximate surface area is 128 Å². The fourth-order valence-corrected chi connectivity index (χ4v) is 2.38. The van der Waals surface area contributed by atoms with Gasteiger partial charge in [0.2, 0.25) is 5.65 Å². The maximum absolute atomic E-state index is 9.21. The number of hydrogen-bond acceptors (Lipinski definition) is 4. The van der Waals surface area contributed by atoms with Crippen molar-refractivity contribution in [2.24, 2.45) is 0 Å². The number of hydrogen-bond donors (Lipinski definition) is 0. The SMILES string of the molecule is COc1nccn2c(-c3ccc(C(C)(C)C#N)cc3)cnc12. The molecule has 1 aromatic carbocycles. The first kappa shape index (κ1) is 14.1. The zero-order valence-corrected chi connectivity index (χ0v) is 12.7. The summed E-state index contributed by atoms with van der Waals surface area (Å²) in [5.74, 6) is 0.496. The monoisotopic (exact) mass is 292 g/mol. The molecule has 2 heterocycles. The van der Waals surface area contributed by atoms with Gasteiger partial charge in [-0.25, -0.2) is 9.97 Å². The Morgan fingerprint density at radius 1 is 1.18 bits per heavy atom. The Morgan fingerprint density at radius 3 is 2.55 bits per heavy atom. The molecule has 5 nitrogen and oxygen atoms in total. The van der Waals surface area contributed by atoms with E-state index in [-0.39, 0.29) is 0 Å². The van der Waals surface area contributed by atoms with E-state index in [1.165, 1.54) is 0 Å². The van der Waals surface area contributed by atoms with Gasteiger partial charge in [0.05, 0.1) is 30.5 Å². The highest BCUT2D eigenvalue weighted by Crippen LogP contribution is 2.27. The zero-order chi connectivity index (χ0) is 15.7. The van der Waals surface area contributed by atoms with Gasteiger partial charge in [-0.3, -0.25) is 4.40 Å². The van der Waals surface area contributed by atoms with Gasteiger partial charge in [-0.2, -0.15) is 5.26 Å². The first-order chi connectivity index (χ1) is 10.6. The van der Waals surface area contributed by atoms with Gasteiger partial charge in [0.25, 0.3) is 5.88 Å². The molecule has 0 radical (unpaired) electrons. The van der Waals surface area contributed by atoms with Crippen molar-refractivity contribution in [1.29, 1.82) is 5.26 Å². The molecule has 0 aliphatic rings. The summed E-state index contributed by atoms with van der Waals surface area (Å²) < 4.78 is 7.17. The van der Waals surface area contributed by atoms with Gasteiger partial charge in [0.1, 0.15) is 0 Å². The molecular formula is C17H16N4O. The van der Waals surface area contributed by atoms with Crippen molar-refractivity contribution in [3.8, 4) is 23.2 Å². The molecule has 0 atom stereocenters. The van der Waals surface area contributed by atoms with E-state index in [2.05, 4.69) is 16.0 Å². The number of rotatable bonds is 3. The summed E-state index contributed by atoms with van der Waals surface area (Å²) in [5, 5.41) is 9.21. The second kappa shape index (κ2) is 5.15. The van der Waals surface area contributed by atoms with E-state index in [4.69, 9.17) is 4.74 Å². The summed E-state index contributed by atoms with van der Waals surface area (Å²) in [4.78, 5) is 8.52. The van der Waals surface area contributed by atoms with E-state index in [0.29, 0.717) is 11.5 Å². The van der Waals surface area contributed by atoms with Crippen LogP contribution in [0.1, 0.15) is 19.4 Å². The first-order valence-corrected chi connectivity index (χ1v) is 6.95.